The van der Waals surface area contributed by atoms with Crippen LogP contribution in [0.2, 0.25) is 0 Å². The Morgan fingerprint density at radius 3 is 2.89 bits per heavy atom. The molecular weight excluding hydrogens is 228 g/mol. The van der Waals surface area contributed by atoms with Gasteiger partial charge < -0.3 is 15.0 Å². The molecule has 3 fully saturated rings. The van der Waals surface area contributed by atoms with E-state index in [0.29, 0.717) is 19.3 Å². The normalized spacial score (nSPS) is 36.9. The number of hydrogen-bond acceptors (Lipinski definition) is 3. The molecule has 4 nitrogen and oxygen atoms in total. The van der Waals surface area contributed by atoms with E-state index in [1.807, 2.05) is 11.8 Å². The lowest BCUT2D eigenvalue weighted by atomic mass is 9.95. The number of nitrogens with one attached hydrogen (secondary N) is 1. The number of amides is 1. The van der Waals surface area contributed by atoms with Gasteiger partial charge in [0.05, 0.1) is 19.3 Å². The summed E-state index contributed by atoms with van der Waals surface area (Å²) < 4.78 is 5.29. The molecule has 0 aromatic heterocycles. The highest BCUT2D eigenvalue weighted by Gasteiger charge is 2.45. The molecule has 4 heteroatoms. The minimum atomic E-state index is -0.0348. The average molecular weight is 252 g/mol. The highest BCUT2D eigenvalue weighted by molar-refractivity contribution is 5.81. The second-order valence-corrected chi connectivity index (χ2v) is 6.02. The lowest BCUT2D eigenvalue weighted by Crippen LogP contribution is -2.52. The van der Waals surface area contributed by atoms with Crippen molar-refractivity contribution in [3.05, 3.63) is 0 Å². The Balaban J connectivity index is 1.50. The fourth-order valence-corrected chi connectivity index (χ4v) is 3.57. The summed E-state index contributed by atoms with van der Waals surface area (Å²) in [5, 5.41) is 3.58. The molecular formula is C14H24N2O2. The fraction of sp³-hybridized carbons (Fsp3) is 0.929. The van der Waals surface area contributed by atoms with Gasteiger partial charge in [0, 0.05) is 19.1 Å². The van der Waals surface area contributed by atoms with Gasteiger partial charge in [0.2, 0.25) is 5.91 Å². The van der Waals surface area contributed by atoms with E-state index >= 15 is 0 Å². The van der Waals surface area contributed by atoms with Crippen molar-refractivity contribution in [1.29, 1.82) is 0 Å². The monoisotopic (exact) mass is 252 g/mol. The highest BCUT2D eigenvalue weighted by Crippen LogP contribution is 2.49. The maximum Gasteiger partial charge on any atom is 0.239 e. The second kappa shape index (κ2) is 5.17. The first-order valence-electron chi connectivity index (χ1n) is 7.38. The first-order valence-corrected chi connectivity index (χ1v) is 7.38. The van der Waals surface area contributed by atoms with Crippen LogP contribution in [0.5, 0.6) is 0 Å². The number of nitrogens with zero attached hydrogens (tertiary/aromatic N) is 1. The predicted molar refractivity (Wildman–Crippen MR) is 69.2 cm³/mol. The highest BCUT2D eigenvalue weighted by atomic mass is 16.5. The Kier molecular flexibility index (Phi) is 3.57. The van der Waals surface area contributed by atoms with Crippen molar-refractivity contribution >= 4 is 5.91 Å². The van der Waals surface area contributed by atoms with Gasteiger partial charge in [0.25, 0.3) is 0 Å². The van der Waals surface area contributed by atoms with Crippen LogP contribution in [0.15, 0.2) is 0 Å². The molecule has 18 heavy (non-hydrogen) atoms. The van der Waals surface area contributed by atoms with Crippen LogP contribution < -0.4 is 5.32 Å². The van der Waals surface area contributed by atoms with Crippen LogP contribution in [0.3, 0.4) is 0 Å². The molecule has 0 aromatic carbocycles. The maximum absolute atomic E-state index is 12.3. The number of fused-ring (bicyclic) bond motifs is 1. The van der Waals surface area contributed by atoms with Crippen LogP contribution in [0.4, 0.5) is 0 Å². The number of hydrogen-bond donors (Lipinski definition) is 1. The minimum Gasteiger partial charge on any atom is -0.378 e. The number of carbonyl (C=O) groups is 1. The van der Waals surface area contributed by atoms with Gasteiger partial charge in [-0.1, -0.05) is 12.8 Å². The molecule has 1 heterocycles. The van der Waals surface area contributed by atoms with Crippen LogP contribution >= 0.6 is 0 Å². The fourth-order valence-electron chi connectivity index (χ4n) is 3.57. The first kappa shape index (κ1) is 12.4. The molecule has 1 saturated heterocycles. The lowest BCUT2D eigenvalue weighted by molar-refractivity contribution is -0.137. The van der Waals surface area contributed by atoms with Crippen molar-refractivity contribution in [3.63, 3.8) is 0 Å². The molecule has 3 rings (SSSR count). The van der Waals surface area contributed by atoms with E-state index in [9.17, 15) is 4.79 Å². The van der Waals surface area contributed by atoms with Crippen LogP contribution in [-0.2, 0) is 9.53 Å². The molecule has 4 atom stereocenters. The summed E-state index contributed by atoms with van der Waals surface area (Å²) in [6.07, 6.45) is 5.38. The third-order valence-corrected chi connectivity index (χ3v) is 4.74. The number of carbonyl (C=O) groups excluding carboxylic acids is 1. The van der Waals surface area contributed by atoms with Gasteiger partial charge in [0.15, 0.2) is 0 Å². The summed E-state index contributed by atoms with van der Waals surface area (Å²) in [5.41, 5.74) is 0. The number of ether oxygens (including phenoxy) is 1. The maximum atomic E-state index is 12.3. The van der Waals surface area contributed by atoms with E-state index in [-0.39, 0.29) is 11.9 Å². The molecule has 1 N–H and O–H groups in total. The Morgan fingerprint density at radius 1 is 1.33 bits per heavy atom. The van der Waals surface area contributed by atoms with E-state index in [0.717, 1.165) is 24.9 Å². The van der Waals surface area contributed by atoms with Gasteiger partial charge >= 0.3 is 0 Å². The molecule has 0 radical (unpaired) electrons. The number of rotatable bonds is 3. The summed E-state index contributed by atoms with van der Waals surface area (Å²) in [7, 11) is 0. The minimum absolute atomic E-state index is 0.0348. The summed E-state index contributed by atoms with van der Waals surface area (Å²) in [6, 6.07) is 0.552. The predicted octanol–water partition coefficient (Wildman–Crippen LogP) is 1.01. The van der Waals surface area contributed by atoms with Gasteiger partial charge in [-0.3, -0.25) is 4.79 Å². The lowest BCUT2D eigenvalue weighted by Gasteiger charge is -2.32. The van der Waals surface area contributed by atoms with E-state index in [4.69, 9.17) is 4.74 Å². The van der Waals surface area contributed by atoms with E-state index in [1.165, 1.54) is 25.7 Å². The molecule has 1 aliphatic heterocycles. The molecule has 102 valence electrons. The van der Waals surface area contributed by atoms with Crippen molar-refractivity contribution in [2.24, 2.45) is 11.8 Å². The summed E-state index contributed by atoms with van der Waals surface area (Å²) >= 11 is 0. The Hall–Kier alpha value is -0.610. The molecule has 0 bridgehead atoms. The Morgan fingerprint density at radius 2 is 2.11 bits per heavy atom. The molecule has 0 aromatic rings. The molecule has 2 aliphatic carbocycles. The zero-order valence-corrected chi connectivity index (χ0v) is 11.2. The summed E-state index contributed by atoms with van der Waals surface area (Å²) in [4.78, 5) is 14.2. The molecule has 4 unspecified atom stereocenters. The Labute approximate surface area is 109 Å². The zero-order chi connectivity index (χ0) is 12.5. The smallest absolute Gasteiger partial charge is 0.239 e. The van der Waals surface area contributed by atoms with Crippen LogP contribution in [0.25, 0.3) is 0 Å². The van der Waals surface area contributed by atoms with Crippen molar-refractivity contribution < 1.29 is 9.53 Å². The second-order valence-electron chi connectivity index (χ2n) is 6.02. The quantitative estimate of drug-likeness (QED) is 0.815. The molecule has 3 aliphatic rings. The van der Waals surface area contributed by atoms with Crippen molar-refractivity contribution in [3.8, 4) is 0 Å². The van der Waals surface area contributed by atoms with Crippen LogP contribution in [0, 0.1) is 11.8 Å². The molecule has 2 saturated carbocycles. The van der Waals surface area contributed by atoms with Gasteiger partial charge in [-0.2, -0.15) is 0 Å². The van der Waals surface area contributed by atoms with Crippen molar-refractivity contribution in [2.45, 2.75) is 44.7 Å². The summed E-state index contributed by atoms with van der Waals surface area (Å²) in [5.74, 6) is 2.07. The standard InChI is InChI=1S/C14H24N2O2/c1-10(14(17)16-5-7-18-8-6-16)15-13-4-2-3-11-9-12(11)13/h10-13,15H,2-9H2,1H3. The zero-order valence-electron chi connectivity index (χ0n) is 11.2. The third-order valence-electron chi connectivity index (χ3n) is 4.74. The third kappa shape index (κ3) is 2.54. The molecule has 1 amide bonds. The largest absolute Gasteiger partial charge is 0.378 e. The van der Waals surface area contributed by atoms with Gasteiger partial charge in [-0.05, 0) is 31.6 Å². The van der Waals surface area contributed by atoms with Gasteiger partial charge in [-0.15, -0.1) is 0 Å². The van der Waals surface area contributed by atoms with E-state index in [1.54, 1.807) is 0 Å². The molecule has 0 spiro atoms. The number of morpholine rings is 1. The Bertz CT molecular complexity index is 315. The van der Waals surface area contributed by atoms with Crippen LogP contribution in [0.1, 0.15) is 32.6 Å². The van der Waals surface area contributed by atoms with Crippen molar-refractivity contribution in [1.82, 2.24) is 10.2 Å². The van der Waals surface area contributed by atoms with Crippen molar-refractivity contribution in [2.75, 3.05) is 26.3 Å². The van der Waals surface area contributed by atoms with E-state index < -0.39 is 0 Å². The van der Waals surface area contributed by atoms with Gasteiger partial charge in [0.1, 0.15) is 0 Å². The topological polar surface area (TPSA) is 41.6 Å². The van der Waals surface area contributed by atoms with E-state index in [2.05, 4.69) is 5.32 Å². The first-order chi connectivity index (χ1) is 8.75. The van der Waals surface area contributed by atoms with Gasteiger partial charge in [-0.25, -0.2) is 0 Å². The SMILES string of the molecule is CC(NC1CCCC2CC21)C(=O)N1CCOCC1. The summed E-state index contributed by atoms with van der Waals surface area (Å²) in [6.45, 7) is 4.89. The van der Waals surface area contributed by atoms with Crippen LogP contribution in [-0.4, -0.2) is 49.2 Å². The average Bonchev–Trinajstić information content (AvgIpc) is 3.19.